The van der Waals surface area contributed by atoms with Gasteiger partial charge in [0, 0.05) is 0 Å². The Bertz CT molecular complexity index is 373. The van der Waals surface area contributed by atoms with E-state index in [2.05, 4.69) is 0 Å². The smallest absolute Gasteiger partial charge is 0.161 e. The standard InChI is InChI=1S/C13H16O3/c14-13(9-4-3-5-9)12-8-15-10-6-1-2-7-11(10)16-12/h1-2,6-7,9,12-14H,3-5,8H2. The van der Waals surface area contributed by atoms with Gasteiger partial charge in [0.05, 0.1) is 6.10 Å². The number of rotatable bonds is 2. The lowest BCUT2D eigenvalue weighted by molar-refractivity contribution is -0.0560. The second kappa shape index (κ2) is 3.98. The quantitative estimate of drug-likeness (QED) is 0.828. The zero-order valence-electron chi connectivity index (χ0n) is 9.13. The maximum atomic E-state index is 10.1. The van der Waals surface area contributed by atoms with Gasteiger partial charge in [-0.25, -0.2) is 0 Å². The van der Waals surface area contributed by atoms with Gasteiger partial charge >= 0.3 is 0 Å². The normalized spacial score (nSPS) is 25.9. The number of benzene rings is 1. The Balaban J connectivity index is 1.72. The molecule has 1 aliphatic heterocycles. The second-order valence-electron chi connectivity index (χ2n) is 4.60. The number of fused-ring (bicyclic) bond motifs is 1. The fourth-order valence-electron chi connectivity index (χ4n) is 2.29. The molecule has 1 aromatic rings. The monoisotopic (exact) mass is 220 g/mol. The number of aliphatic hydroxyl groups is 1. The first-order valence-electron chi connectivity index (χ1n) is 5.91. The highest BCUT2D eigenvalue weighted by atomic mass is 16.6. The molecule has 3 nitrogen and oxygen atoms in total. The lowest BCUT2D eigenvalue weighted by Crippen LogP contribution is -2.45. The molecule has 0 saturated heterocycles. The lowest BCUT2D eigenvalue weighted by Gasteiger charge is -2.37. The van der Waals surface area contributed by atoms with Crippen LogP contribution in [-0.2, 0) is 0 Å². The summed E-state index contributed by atoms with van der Waals surface area (Å²) in [6.45, 7) is 0.453. The highest BCUT2D eigenvalue weighted by molar-refractivity contribution is 5.40. The van der Waals surface area contributed by atoms with Crippen LogP contribution in [0.4, 0.5) is 0 Å². The van der Waals surface area contributed by atoms with E-state index >= 15 is 0 Å². The molecule has 1 heterocycles. The predicted molar refractivity (Wildman–Crippen MR) is 59.7 cm³/mol. The Morgan fingerprint density at radius 1 is 1.19 bits per heavy atom. The van der Waals surface area contributed by atoms with Gasteiger partial charge in [-0.15, -0.1) is 0 Å². The number of ether oxygens (including phenoxy) is 2. The predicted octanol–water partition coefficient (Wildman–Crippen LogP) is 1.99. The molecule has 3 heteroatoms. The molecule has 0 spiro atoms. The van der Waals surface area contributed by atoms with Crippen LogP contribution in [0.25, 0.3) is 0 Å². The lowest BCUT2D eigenvalue weighted by atomic mass is 9.79. The molecular weight excluding hydrogens is 204 g/mol. The zero-order valence-corrected chi connectivity index (χ0v) is 9.13. The van der Waals surface area contributed by atoms with Gasteiger partial charge in [0.15, 0.2) is 17.6 Å². The summed E-state index contributed by atoms with van der Waals surface area (Å²) in [5, 5.41) is 10.1. The summed E-state index contributed by atoms with van der Waals surface area (Å²) in [5.41, 5.74) is 0. The Kier molecular flexibility index (Phi) is 2.48. The number of hydrogen-bond acceptors (Lipinski definition) is 3. The Hall–Kier alpha value is -1.22. The van der Waals surface area contributed by atoms with E-state index in [1.807, 2.05) is 24.3 Å². The second-order valence-corrected chi connectivity index (χ2v) is 4.60. The summed E-state index contributed by atoms with van der Waals surface area (Å²) in [6.07, 6.45) is 2.86. The number of para-hydroxylation sites is 2. The molecule has 16 heavy (non-hydrogen) atoms. The van der Waals surface area contributed by atoms with Crippen molar-refractivity contribution in [3.63, 3.8) is 0 Å². The van der Waals surface area contributed by atoms with Crippen molar-refractivity contribution in [1.82, 2.24) is 0 Å². The Morgan fingerprint density at radius 2 is 1.94 bits per heavy atom. The van der Waals surface area contributed by atoms with Crippen LogP contribution in [0.2, 0.25) is 0 Å². The maximum Gasteiger partial charge on any atom is 0.161 e. The first-order valence-corrected chi connectivity index (χ1v) is 5.91. The van der Waals surface area contributed by atoms with Crippen molar-refractivity contribution in [2.24, 2.45) is 5.92 Å². The fraction of sp³-hybridized carbons (Fsp3) is 0.538. The van der Waals surface area contributed by atoms with Gasteiger partial charge in [0.25, 0.3) is 0 Å². The maximum absolute atomic E-state index is 10.1. The topological polar surface area (TPSA) is 38.7 Å². The summed E-state index contributed by atoms with van der Waals surface area (Å²) >= 11 is 0. The van der Waals surface area contributed by atoms with Crippen molar-refractivity contribution >= 4 is 0 Å². The Labute approximate surface area is 95.0 Å². The molecule has 0 radical (unpaired) electrons. The molecule has 1 saturated carbocycles. The summed E-state index contributed by atoms with van der Waals surface area (Å²) in [7, 11) is 0. The highest BCUT2D eigenvalue weighted by Crippen LogP contribution is 2.36. The van der Waals surface area contributed by atoms with Crippen molar-refractivity contribution < 1.29 is 14.6 Å². The molecule has 0 aromatic heterocycles. The van der Waals surface area contributed by atoms with Crippen LogP contribution >= 0.6 is 0 Å². The molecule has 3 rings (SSSR count). The van der Waals surface area contributed by atoms with Crippen molar-refractivity contribution in [2.45, 2.75) is 31.5 Å². The molecular formula is C13H16O3. The van der Waals surface area contributed by atoms with Crippen molar-refractivity contribution in [3.05, 3.63) is 24.3 Å². The van der Waals surface area contributed by atoms with E-state index in [1.54, 1.807) is 0 Å². The molecule has 1 aliphatic carbocycles. The summed E-state index contributed by atoms with van der Waals surface area (Å²) in [5.74, 6) is 1.93. The first-order chi connectivity index (χ1) is 7.84. The van der Waals surface area contributed by atoms with Crippen LogP contribution in [0, 0.1) is 5.92 Å². The minimum atomic E-state index is -0.387. The summed E-state index contributed by atoms with van der Waals surface area (Å²) in [4.78, 5) is 0. The first kappa shape index (κ1) is 9.97. The van der Waals surface area contributed by atoms with Crippen LogP contribution in [0.5, 0.6) is 11.5 Å². The number of hydrogen-bond donors (Lipinski definition) is 1. The SMILES string of the molecule is OC(C1CCC1)C1COc2ccccc2O1. The van der Waals surface area contributed by atoms with Crippen molar-refractivity contribution in [2.75, 3.05) is 6.61 Å². The van der Waals surface area contributed by atoms with Crippen LogP contribution in [0.1, 0.15) is 19.3 Å². The third-order valence-electron chi connectivity index (χ3n) is 3.54. The van der Waals surface area contributed by atoms with Gasteiger partial charge in [0.2, 0.25) is 0 Å². The Morgan fingerprint density at radius 3 is 2.62 bits per heavy atom. The molecule has 2 atom stereocenters. The van der Waals surface area contributed by atoms with Crippen molar-refractivity contribution in [3.8, 4) is 11.5 Å². The van der Waals surface area contributed by atoms with E-state index in [0.717, 1.165) is 24.3 Å². The van der Waals surface area contributed by atoms with E-state index in [-0.39, 0.29) is 12.2 Å². The third-order valence-corrected chi connectivity index (χ3v) is 3.54. The van der Waals surface area contributed by atoms with Gasteiger partial charge in [-0.1, -0.05) is 18.6 Å². The summed E-state index contributed by atoms with van der Waals surface area (Å²) < 4.78 is 11.4. The van der Waals surface area contributed by atoms with Crippen LogP contribution < -0.4 is 9.47 Å². The average molecular weight is 220 g/mol. The van der Waals surface area contributed by atoms with Crippen molar-refractivity contribution in [1.29, 1.82) is 0 Å². The fourth-order valence-corrected chi connectivity index (χ4v) is 2.29. The van der Waals surface area contributed by atoms with E-state index < -0.39 is 0 Å². The van der Waals surface area contributed by atoms with E-state index in [9.17, 15) is 5.11 Å². The van der Waals surface area contributed by atoms with Crippen LogP contribution in [0.3, 0.4) is 0 Å². The molecule has 1 aromatic carbocycles. The average Bonchev–Trinajstić information content (AvgIpc) is 2.26. The van der Waals surface area contributed by atoms with Gasteiger partial charge in [0.1, 0.15) is 6.61 Å². The highest BCUT2D eigenvalue weighted by Gasteiger charge is 2.35. The molecule has 0 bridgehead atoms. The molecule has 0 amide bonds. The van der Waals surface area contributed by atoms with Gasteiger partial charge in [-0.05, 0) is 30.9 Å². The van der Waals surface area contributed by atoms with Gasteiger partial charge in [-0.2, -0.15) is 0 Å². The van der Waals surface area contributed by atoms with Gasteiger partial charge < -0.3 is 14.6 Å². The van der Waals surface area contributed by atoms with Gasteiger partial charge in [-0.3, -0.25) is 0 Å². The molecule has 1 fully saturated rings. The minimum Gasteiger partial charge on any atom is -0.486 e. The summed E-state index contributed by atoms with van der Waals surface area (Å²) in [6, 6.07) is 7.61. The minimum absolute atomic E-state index is 0.208. The molecule has 2 aliphatic rings. The number of aliphatic hydroxyl groups excluding tert-OH is 1. The van der Waals surface area contributed by atoms with Crippen LogP contribution in [-0.4, -0.2) is 23.9 Å². The largest absolute Gasteiger partial charge is 0.486 e. The molecule has 1 N–H and O–H groups in total. The molecule has 2 unspecified atom stereocenters. The van der Waals surface area contributed by atoms with E-state index in [1.165, 1.54) is 6.42 Å². The van der Waals surface area contributed by atoms with E-state index in [0.29, 0.717) is 12.5 Å². The van der Waals surface area contributed by atoms with Crippen LogP contribution in [0.15, 0.2) is 24.3 Å². The zero-order chi connectivity index (χ0) is 11.0. The third kappa shape index (κ3) is 1.65. The van der Waals surface area contributed by atoms with E-state index in [4.69, 9.17) is 9.47 Å². The molecule has 86 valence electrons.